The highest BCUT2D eigenvalue weighted by Crippen LogP contribution is 2.26. The van der Waals surface area contributed by atoms with Gasteiger partial charge in [0.1, 0.15) is 0 Å². The molecule has 1 fully saturated rings. The SMILES string of the molecule is Cc1ccc(C)c(S(=O)(=O)N2CC[C@H](O)[C@@H](C(=O)O)C2)c1. The first-order valence-electron chi connectivity index (χ1n) is 6.71. The Morgan fingerprint density at radius 1 is 1.33 bits per heavy atom. The van der Waals surface area contributed by atoms with Gasteiger partial charge in [-0.3, -0.25) is 4.79 Å². The van der Waals surface area contributed by atoms with Crippen LogP contribution in [0.1, 0.15) is 17.5 Å². The summed E-state index contributed by atoms with van der Waals surface area (Å²) in [6, 6.07) is 5.15. The standard InChI is InChI=1S/C14H19NO5S/c1-9-3-4-10(2)13(7-9)21(19,20)15-6-5-12(16)11(8-15)14(17)18/h3-4,7,11-12,16H,5-6,8H2,1-2H3,(H,17,18)/t11-,12-/m0/s1. The van der Waals surface area contributed by atoms with Crippen LogP contribution in [0.2, 0.25) is 0 Å². The van der Waals surface area contributed by atoms with Gasteiger partial charge < -0.3 is 10.2 Å². The number of aryl methyl sites for hydroxylation is 2. The molecule has 0 radical (unpaired) electrons. The van der Waals surface area contributed by atoms with Gasteiger partial charge in [-0.25, -0.2) is 8.42 Å². The average Bonchev–Trinajstić information content (AvgIpc) is 2.41. The van der Waals surface area contributed by atoms with Crippen LogP contribution in [0, 0.1) is 19.8 Å². The van der Waals surface area contributed by atoms with Gasteiger partial charge in [0.15, 0.2) is 0 Å². The van der Waals surface area contributed by atoms with Crippen LogP contribution in [0.5, 0.6) is 0 Å². The van der Waals surface area contributed by atoms with Crippen molar-refractivity contribution in [2.45, 2.75) is 31.3 Å². The molecule has 21 heavy (non-hydrogen) atoms. The van der Waals surface area contributed by atoms with Crippen molar-refractivity contribution in [3.05, 3.63) is 29.3 Å². The third-order valence-corrected chi connectivity index (χ3v) is 5.82. The summed E-state index contributed by atoms with van der Waals surface area (Å²) in [6.45, 7) is 3.44. The van der Waals surface area contributed by atoms with Crippen LogP contribution in [-0.4, -0.2) is 48.1 Å². The molecule has 0 unspecified atom stereocenters. The summed E-state index contributed by atoms with van der Waals surface area (Å²) in [6.07, 6.45) is -0.881. The molecule has 0 bridgehead atoms. The number of aliphatic hydroxyl groups is 1. The van der Waals surface area contributed by atoms with E-state index in [-0.39, 0.29) is 24.4 Å². The molecule has 0 aliphatic carbocycles. The van der Waals surface area contributed by atoms with Crippen LogP contribution >= 0.6 is 0 Å². The minimum atomic E-state index is -3.75. The lowest BCUT2D eigenvalue weighted by Crippen LogP contribution is -2.48. The third kappa shape index (κ3) is 3.09. The lowest BCUT2D eigenvalue weighted by atomic mass is 9.96. The Labute approximate surface area is 124 Å². The van der Waals surface area contributed by atoms with Crippen molar-refractivity contribution in [2.24, 2.45) is 5.92 Å². The second-order valence-electron chi connectivity index (χ2n) is 5.43. The summed E-state index contributed by atoms with van der Waals surface area (Å²) in [7, 11) is -3.75. The van der Waals surface area contributed by atoms with Gasteiger partial charge in [0.05, 0.1) is 16.9 Å². The number of carboxylic acids is 1. The quantitative estimate of drug-likeness (QED) is 0.859. The monoisotopic (exact) mass is 313 g/mol. The maximum atomic E-state index is 12.7. The van der Waals surface area contributed by atoms with E-state index in [1.165, 1.54) is 0 Å². The molecule has 1 aliphatic heterocycles. The highest BCUT2D eigenvalue weighted by Gasteiger charge is 2.38. The number of sulfonamides is 1. The van der Waals surface area contributed by atoms with Gasteiger partial charge >= 0.3 is 5.97 Å². The molecule has 6 nitrogen and oxygen atoms in total. The molecule has 2 rings (SSSR count). The predicted octanol–water partition coefficient (Wildman–Crippen LogP) is 0.760. The summed E-state index contributed by atoms with van der Waals surface area (Å²) in [5.41, 5.74) is 1.45. The van der Waals surface area contributed by atoms with E-state index in [1.807, 2.05) is 6.07 Å². The molecule has 2 atom stereocenters. The van der Waals surface area contributed by atoms with Crippen molar-refractivity contribution in [2.75, 3.05) is 13.1 Å². The number of carbonyl (C=O) groups is 1. The molecule has 1 aromatic rings. The third-order valence-electron chi connectivity index (χ3n) is 3.82. The fourth-order valence-electron chi connectivity index (χ4n) is 2.50. The first kappa shape index (κ1) is 15.9. The van der Waals surface area contributed by atoms with Gasteiger partial charge in [-0.1, -0.05) is 12.1 Å². The second-order valence-corrected chi connectivity index (χ2v) is 7.34. The van der Waals surface area contributed by atoms with Gasteiger partial charge in [-0.05, 0) is 37.5 Å². The second kappa shape index (κ2) is 5.75. The molecule has 0 amide bonds. The van der Waals surface area contributed by atoms with E-state index in [4.69, 9.17) is 5.11 Å². The van der Waals surface area contributed by atoms with Crippen molar-refractivity contribution < 1.29 is 23.4 Å². The van der Waals surface area contributed by atoms with Crippen molar-refractivity contribution in [1.82, 2.24) is 4.31 Å². The van der Waals surface area contributed by atoms with Crippen LogP contribution in [0.4, 0.5) is 0 Å². The number of piperidine rings is 1. The molecule has 1 aromatic carbocycles. The van der Waals surface area contributed by atoms with Gasteiger partial charge in [0, 0.05) is 13.1 Å². The number of hydrogen-bond acceptors (Lipinski definition) is 4. The minimum Gasteiger partial charge on any atom is -0.481 e. The minimum absolute atomic E-state index is 0.126. The Morgan fingerprint density at radius 2 is 2.00 bits per heavy atom. The Bertz CT molecular complexity index is 655. The van der Waals surface area contributed by atoms with Crippen LogP contribution in [-0.2, 0) is 14.8 Å². The largest absolute Gasteiger partial charge is 0.481 e. The summed E-state index contributed by atoms with van der Waals surface area (Å²) in [5, 5.41) is 18.8. The van der Waals surface area contributed by atoms with E-state index < -0.39 is 28.0 Å². The normalized spacial score (nSPS) is 24.0. The highest BCUT2D eigenvalue weighted by molar-refractivity contribution is 7.89. The molecule has 7 heteroatoms. The Morgan fingerprint density at radius 3 is 2.62 bits per heavy atom. The lowest BCUT2D eigenvalue weighted by molar-refractivity contribution is -0.147. The van der Waals surface area contributed by atoms with Crippen molar-refractivity contribution in [3.8, 4) is 0 Å². The molecular weight excluding hydrogens is 294 g/mol. The summed E-state index contributed by atoms with van der Waals surface area (Å²) >= 11 is 0. The van der Waals surface area contributed by atoms with E-state index >= 15 is 0 Å². The van der Waals surface area contributed by atoms with Crippen molar-refractivity contribution in [1.29, 1.82) is 0 Å². The highest BCUT2D eigenvalue weighted by atomic mass is 32.2. The predicted molar refractivity (Wildman–Crippen MR) is 76.4 cm³/mol. The Hall–Kier alpha value is -1.44. The fraction of sp³-hybridized carbons (Fsp3) is 0.500. The zero-order chi connectivity index (χ0) is 15.8. The van der Waals surface area contributed by atoms with E-state index in [2.05, 4.69) is 0 Å². The summed E-state index contributed by atoms with van der Waals surface area (Å²) in [4.78, 5) is 11.3. The molecule has 1 heterocycles. The number of carboxylic acid groups (broad SMARTS) is 1. The number of nitrogens with zero attached hydrogens (tertiary/aromatic N) is 1. The molecular formula is C14H19NO5S. The average molecular weight is 313 g/mol. The molecule has 2 N–H and O–H groups in total. The zero-order valence-electron chi connectivity index (χ0n) is 12.0. The molecule has 0 aromatic heterocycles. The van der Waals surface area contributed by atoms with Crippen molar-refractivity contribution in [3.63, 3.8) is 0 Å². The molecule has 0 spiro atoms. The lowest BCUT2D eigenvalue weighted by Gasteiger charge is -2.33. The number of aliphatic carboxylic acids is 1. The van der Waals surface area contributed by atoms with Gasteiger partial charge in [-0.15, -0.1) is 0 Å². The Kier molecular flexibility index (Phi) is 4.36. The van der Waals surface area contributed by atoms with Crippen LogP contribution in [0.3, 0.4) is 0 Å². The molecule has 0 saturated carbocycles. The molecule has 1 saturated heterocycles. The van der Waals surface area contributed by atoms with Crippen LogP contribution in [0.15, 0.2) is 23.1 Å². The van der Waals surface area contributed by atoms with E-state index in [9.17, 15) is 18.3 Å². The van der Waals surface area contributed by atoms with E-state index in [0.717, 1.165) is 9.87 Å². The van der Waals surface area contributed by atoms with E-state index in [0.29, 0.717) is 5.56 Å². The topological polar surface area (TPSA) is 94.9 Å². The number of hydrogen-bond donors (Lipinski definition) is 2. The first-order chi connectivity index (χ1) is 9.73. The smallest absolute Gasteiger partial charge is 0.310 e. The fourth-order valence-corrected chi connectivity index (χ4v) is 4.29. The van der Waals surface area contributed by atoms with Crippen LogP contribution < -0.4 is 0 Å². The number of aliphatic hydroxyl groups excluding tert-OH is 1. The van der Waals surface area contributed by atoms with Gasteiger partial charge in [0.2, 0.25) is 10.0 Å². The first-order valence-corrected chi connectivity index (χ1v) is 8.16. The maximum Gasteiger partial charge on any atom is 0.310 e. The number of rotatable bonds is 3. The molecule has 1 aliphatic rings. The van der Waals surface area contributed by atoms with Crippen LogP contribution in [0.25, 0.3) is 0 Å². The van der Waals surface area contributed by atoms with Gasteiger partial charge in [-0.2, -0.15) is 4.31 Å². The van der Waals surface area contributed by atoms with Gasteiger partial charge in [0.25, 0.3) is 0 Å². The summed E-state index contributed by atoms with van der Waals surface area (Å²) in [5.74, 6) is -2.26. The zero-order valence-corrected chi connectivity index (χ0v) is 12.8. The summed E-state index contributed by atoms with van der Waals surface area (Å²) < 4.78 is 26.5. The Balaban J connectivity index is 2.36. The maximum absolute atomic E-state index is 12.7. The van der Waals surface area contributed by atoms with Crippen molar-refractivity contribution >= 4 is 16.0 Å². The number of benzene rings is 1. The molecule has 116 valence electrons. The van der Waals surface area contributed by atoms with E-state index in [1.54, 1.807) is 26.0 Å².